The van der Waals surface area contributed by atoms with E-state index in [4.69, 9.17) is 0 Å². The third-order valence-corrected chi connectivity index (χ3v) is 10.4. The molecule has 3 aromatic carbocycles. The minimum absolute atomic E-state index is 0.0119. The Morgan fingerprint density at radius 1 is 0.745 bits per heavy atom. The van der Waals surface area contributed by atoms with E-state index in [1.54, 1.807) is 0 Å². The van der Waals surface area contributed by atoms with Crippen LogP contribution in [0.4, 0.5) is 5.69 Å². The first-order valence-corrected chi connectivity index (χ1v) is 17.3. The molecule has 0 bridgehead atoms. The molecular weight excluding hydrogens is 620 g/mol. The second kappa shape index (κ2) is 13.0. The first kappa shape index (κ1) is 33.9. The van der Waals surface area contributed by atoms with Crippen molar-refractivity contribution in [3.8, 4) is 0 Å². The minimum atomic E-state index is -4.47. The van der Waals surface area contributed by atoms with Gasteiger partial charge in [-0.05, 0) is 72.7 Å². The summed E-state index contributed by atoms with van der Waals surface area (Å²) in [7, 11) is -4.47. The van der Waals surface area contributed by atoms with Crippen molar-refractivity contribution in [3.05, 3.63) is 94.0 Å². The predicted octanol–water partition coefficient (Wildman–Crippen LogP) is 6.58. The third-order valence-electron chi connectivity index (χ3n) is 9.58. The van der Waals surface area contributed by atoms with Gasteiger partial charge in [0.05, 0.1) is 32.8 Å². The number of carbonyl (C=O) groups is 5. The van der Waals surface area contributed by atoms with E-state index < -0.39 is 38.5 Å². The molecule has 2 atom stereocenters. The van der Waals surface area contributed by atoms with Crippen molar-refractivity contribution in [2.45, 2.75) is 71.1 Å². The Kier molecular flexibility index (Phi) is 9.34. The van der Waals surface area contributed by atoms with Gasteiger partial charge >= 0.3 is 0 Å². The molecule has 2 unspecified atom stereocenters. The average Bonchev–Trinajstić information content (AvgIpc) is 3.44. The van der Waals surface area contributed by atoms with Crippen LogP contribution in [0.15, 0.2) is 65.6 Å². The van der Waals surface area contributed by atoms with E-state index in [1.807, 2.05) is 0 Å². The number of benzene rings is 3. The van der Waals surface area contributed by atoms with E-state index in [1.165, 1.54) is 53.4 Å². The summed E-state index contributed by atoms with van der Waals surface area (Å²) in [5, 5.41) is 0. The third kappa shape index (κ3) is 6.17. The van der Waals surface area contributed by atoms with Gasteiger partial charge < -0.3 is 0 Å². The number of hydrogen-bond donors (Lipinski definition) is 1. The zero-order valence-electron chi connectivity index (χ0n) is 26.9. The number of unbranched alkanes of at least 4 members (excludes halogenated alkanes) is 1. The zero-order chi connectivity index (χ0) is 34.3. The first-order chi connectivity index (χ1) is 22.2. The number of anilines is 1. The lowest BCUT2D eigenvalue weighted by Gasteiger charge is -2.39. The lowest BCUT2D eigenvalue weighted by atomic mass is 9.69. The zero-order valence-corrected chi connectivity index (χ0v) is 27.7. The molecule has 0 saturated heterocycles. The summed E-state index contributed by atoms with van der Waals surface area (Å²) in [5.41, 5.74) is 0.810. The number of imide groups is 2. The molecule has 0 aromatic heterocycles. The van der Waals surface area contributed by atoms with Crippen LogP contribution >= 0.6 is 0 Å². The van der Waals surface area contributed by atoms with E-state index in [9.17, 15) is 36.9 Å². The fraction of sp³-hybridized carbons (Fsp3) is 0.361. The molecule has 4 amide bonds. The number of hydrogen-bond acceptors (Lipinski definition) is 7. The Morgan fingerprint density at radius 3 is 1.81 bits per heavy atom. The number of amides is 4. The largest absolute Gasteiger partial charge is 0.294 e. The highest BCUT2D eigenvalue weighted by atomic mass is 32.2. The molecule has 0 aliphatic carbocycles. The lowest BCUT2D eigenvalue weighted by molar-refractivity contribution is 0.0524. The molecule has 0 spiro atoms. The standard InChI is InChI=1S/C36H38N2O8S/c1-5-8-18-36(4,17-6-2)24(7-3)21-37-32(40)27-15-9-22(19-29(27)33(37)41)31(39)23-10-16-28-30(20-23)35(43)38(34(28)42)25-11-13-26(14-12-25)47(44,45)46/h9-16,19-20,24H,5-8,17-18,21H2,1-4H3,(H,44,45,46). The summed E-state index contributed by atoms with van der Waals surface area (Å²) in [6, 6.07) is 13.1. The summed E-state index contributed by atoms with van der Waals surface area (Å²) in [4.78, 5) is 68.8. The topological polar surface area (TPSA) is 146 Å². The van der Waals surface area contributed by atoms with Gasteiger partial charge in [0.2, 0.25) is 0 Å². The number of ketones is 1. The lowest BCUT2D eigenvalue weighted by Crippen LogP contribution is -2.40. The van der Waals surface area contributed by atoms with E-state index in [2.05, 4.69) is 27.7 Å². The van der Waals surface area contributed by atoms with Gasteiger partial charge in [0, 0.05) is 17.7 Å². The van der Waals surface area contributed by atoms with Crippen LogP contribution in [0.2, 0.25) is 0 Å². The van der Waals surface area contributed by atoms with Gasteiger partial charge in [-0.1, -0.05) is 65.5 Å². The number of nitrogens with zero attached hydrogens (tertiary/aromatic N) is 2. The molecule has 10 nitrogen and oxygen atoms in total. The van der Waals surface area contributed by atoms with Crippen LogP contribution in [0.1, 0.15) is 124 Å². The predicted molar refractivity (Wildman–Crippen MR) is 175 cm³/mol. The van der Waals surface area contributed by atoms with Crippen LogP contribution in [-0.4, -0.2) is 53.8 Å². The summed E-state index contributed by atoms with van der Waals surface area (Å²) < 4.78 is 32.0. The maximum atomic E-state index is 13.6. The smallest absolute Gasteiger partial charge is 0.289 e. The molecule has 2 aliphatic heterocycles. The molecule has 0 saturated carbocycles. The number of fused-ring (bicyclic) bond motifs is 2. The molecule has 2 aliphatic rings. The van der Waals surface area contributed by atoms with Gasteiger partial charge in [-0.15, -0.1) is 0 Å². The fourth-order valence-corrected chi connectivity index (χ4v) is 7.38. The van der Waals surface area contributed by atoms with Crippen molar-refractivity contribution in [2.24, 2.45) is 11.3 Å². The Morgan fingerprint density at radius 2 is 1.28 bits per heavy atom. The SMILES string of the molecule is CCCCC(C)(CCC)C(CC)CN1C(=O)c2ccc(C(=O)c3ccc4c(c3)C(=O)N(c3ccc(S(=O)(=O)O)cc3)C4=O)cc2C1=O. The highest BCUT2D eigenvalue weighted by molar-refractivity contribution is 7.85. The Hall–Kier alpha value is -4.48. The Bertz CT molecular complexity index is 1900. The highest BCUT2D eigenvalue weighted by Gasteiger charge is 2.41. The molecular formula is C36H38N2O8S. The molecule has 0 radical (unpaired) electrons. The second-order valence-electron chi connectivity index (χ2n) is 12.6. The van der Waals surface area contributed by atoms with E-state index >= 15 is 0 Å². The maximum Gasteiger partial charge on any atom is 0.294 e. The monoisotopic (exact) mass is 658 g/mol. The quantitative estimate of drug-likeness (QED) is 0.123. The molecule has 5 rings (SSSR count). The summed E-state index contributed by atoms with van der Waals surface area (Å²) >= 11 is 0. The molecule has 11 heteroatoms. The molecule has 47 heavy (non-hydrogen) atoms. The van der Waals surface area contributed by atoms with Gasteiger partial charge in [-0.3, -0.25) is 33.4 Å². The molecule has 0 fully saturated rings. The fourth-order valence-electron chi connectivity index (χ4n) is 6.90. The highest BCUT2D eigenvalue weighted by Crippen LogP contribution is 2.41. The number of rotatable bonds is 13. The van der Waals surface area contributed by atoms with Gasteiger partial charge in [0.1, 0.15) is 0 Å². The average molecular weight is 659 g/mol. The normalized spacial score (nSPS) is 16.4. The second-order valence-corrected chi connectivity index (χ2v) is 14.0. The molecule has 2 heterocycles. The summed E-state index contributed by atoms with van der Waals surface area (Å²) in [5.74, 6) is -2.53. The molecule has 246 valence electrons. The van der Waals surface area contributed by atoms with Crippen LogP contribution in [0.25, 0.3) is 0 Å². The van der Waals surface area contributed by atoms with Crippen molar-refractivity contribution in [1.82, 2.24) is 4.90 Å². The molecule has 1 N–H and O–H groups in total. The van der Waals surface area contributed by atoms with Crippen molar-refractivity contribution in [1.29, 1.82) is 0 Å². The van der Waals surface area contributed by atoms with Crippen molar-refractivity contribution in [3.63, 3.8) is 0 Å². The van der Waals surface area contributed by atoms with Gasteiger partial charge in [0.15, 0.2) is 5.78 Å². The van der Waals surface area contributed by atoms with Crippen molar-refractivity contribution >= 4 is 45.2 Å². The minimum Gasteiger partial charge on any atom is -0.289 e. The van der Waals surface area contributed by atoms with E-state index in [0.29, 0.717) is 6.54 Å². The first-order valence-electron chi connectivity index (χ1n) is 15.9. The molecule has 3 aromatic rings. The van der Waals surface area contributed by atoms with E-state index in [-0.39, 0.29) is 56.3 Å². The van der Waals surface area contributed by atoms with Crippen LogP contribution in [0, 0.1) is 11.3 Å². The van der Waals surface area contributed by atoms with Crippen molar-refractivity contribution < 1.29 is 36.9 Å². The van der Waals surface area contributed by atoms with Crippen LogP contribution in [0.3, 0.4) is 0 Å². The van der Waals surface area contributed by atoms with Gasteiger partial charge in [-0.25, -0.2) is 4.90 Å². The number of carbonyl (C=O) groups excluding carboxylic acids is 5. The van der Waals surface area contributed by atoms with E-state index in [0.717, 1.165) is 55.6 Å². The summed E-state index contributed by atoms with van der Waals surface area (Å²) in [6.45, 7) is 8.95. The van der Waals surface area contributed by atoms with Crippen LogP contribution < -0.4 is 4.90 Å². The Labute approximate surface area is 274 Å². The Balaban J connectivity index is 1.38. The van der Waals surface area contributed by atoms with Gasteiger partial charge in [0.25, 0.3) is 33.7 Å². The van der Waals surface area contributed by atoms with Crippen molar-refractivity contribution in [2.75, 3.05) is 11.4 Å². The summed E-state index contributed by atoms with van der Waals surface area (Å²) in [6.07, 6.45) is 6.00. The van der Waals surface area contributed by atoms with Crippen LogP contribution in [0.5, 0.6) is 0 Å². The maximum absolute atomic E-state index is 13.6. The van der Waals surface area contributed by atoms with Gasteiger partial charge in [-0.2, -0.15) is 8.42 Å². The van der Waals surface area contributed by atoms with Crippen LogP contribution in [-0.2, 0) is 10.1 Å².